The maximum Gasteiger partial charge on any atom is 0.337 e. The highest BCUT2D eigenvalue weighted by Crippen LogP contribution is 2.19. The van der Waals surface area contributed by atoms with Crippen LogP contribution in [0.15, 0.2) is 48.5 Å². The summed E-state index contributed by atoms with van der Waals surface area (Å²) in [6.45, 7) is 0. The Bertz CT molecular complexity index is 708. The molecular weight excluding hydrogens is 268 g/mol. The standard InChI is InChI=1S/C16H14N2O3/c1-21-16(20)12-5-2-4-11(10-12)14-7-3-6-13(18-14)8-9-15(17)19/h2-10H,1H3,(H2,17,19)/b9-8-. The number of nitrogens with zero attached hydrogens (tertiary/aromatic N) is 1. The predicted octanol–water partition coefficient (Wildman–Crippen LogP) is 2.03. The third kappa shape index (κ3) is 3.76. The minimum absolute atomic E-state index is 0.401. The molecule has 0 bridgehead atoms. The summed E-state index contributed by atoms with van der Waals surface area (Å²) in [5, 5.41) is 0. The van der Waals surface area contributed by atoms with Crippen molar-refractivity contribution in [3.05, 3.63) is 59.8 Å². The van der Waals surface area contributed by atoms with Crippen molar-refractivity contribution in [1.82, 2.24) is 4.98 Å². The fourth-order valence-electron chi connectivity index (χ4n) is 1.80. The van der Waals surface area contributed by atoms with Crippen molar-refractivity contribution < 1.29 is 14.3 Å². The fourth-order valence-corrected chi connectivity index (χ4v) is 1.80. The largest absolute Gasteiger partial charge is 0.465 e. The Morgan fingerprint density at radius 1 is 1.19 bits per heavy atom. The number of carbonyl (C=O) groups excluding carboxylic acids is 2. The summed E-state index contributed by atoms with van der Waals surface area (Å²) in [5.41, 5.74) is 7.58. The Morgan fingerprint density at radius 3 is 2.67 bits per heavy atom. The maximum atomic E-state index is 11.5. The van der Waals surface area contributed by atoms with E-state index in [4.69, 9.17) is 10.5 Å². The molecule has 5 heteroatoms. The van der Waals surface area contributed by atoms with Crippen LogP contribution in [0.1, 0.15) is 16.1 Å². The van der Waals surface area contributed by atoms with Gasteiger partial charge < -0.3 is 10.5 Å². The van der Waals surface area contributed by atoms with Crippen molar-refractivity contribution >= 4 is 18.0 Å². The summed E-state index contributed by atoms with van der Waals surface area (Å²) < 4.78 is 4.69. The van der Waals surface area contributed by atoms with E-state index >= 15 is 0 Å². The predicted molar refractivity (Wildman–Crippen MR) is 79.2 cm³/mol. The highest BCUT2D eigenvalue weighted by atomic mass is 16.5. The molecule has 0 aliphatic carbocycles. The van der Waals surface area contributed by atoms with Crippen molar-refractivity contribution in [1.29, 1.82) is 0 Å². The first-order chi connectivity index (χ1) is 10.1. The summed E-state index contributed by atoms with van der Waals surface area (Å²) in [7, 11) is 1.34. The van der Waals surface area contributed by atoms with Gasteiger partial charge in [0.15, 0.2) is 0 Å². The molecule has 0 unspecified atom stereocenters. The lowest BCUT2D eigenvalue weighted by Gasteiger charge is -2.04. The van der Waals surface area contributed by atoms with E-state index in [0.29, 0.717) is 17.0 Å². The molecular formula is C16H14N2O3. The molecule has 0 radical (unpaired) electrons. The number of hydrogen-bond acceptors (Lipinski definition) is 4. The van der Waals surface area contributed by atoms with E-state index in [0.717, 1.165) is 5.56 Å². The van der Waals surface area contributed by atoms with Crippen molar-refractivity contribution in [3.63, 3.8) is 0 Å². The van der Waals surface area contributed by atoms with Gasteiger partial charge in [-0.05, 0) is 30.3 Å². The lowest BCUT2D eigenvalue weighted by atomic mass is 10.1. The number of nitrogens with two attached hydrogens (primary N) is 1. The van der Waals surface area contributed by atoms with Crippen LogP contribution in [0.25, 0.3) is 17.3 Å². The number of hydrogen-bond donors (Lipinski definition) is 1. The number of esters is 1. The van der Waals surface area contributed by atoms with Gasteiger partial charge in [0.2, 0.25) is 5.91 Å². The second-order valence-electron chi connectivity index (χ2n) is 4.26. The molecule has 2 aromatic rings. The normalized spacial score (nSPS) is 10.5. The van der Waals surface area contributed by atoms with E-state index in [2.05, 4.69) is 4.98 Å². The zero-order valence-corrected chi connectivity index (χ0v) is 11.4. The Morgan fingerprint density at radius 2 is 1.95 bits per heavy atom. The van der Waals surface area contributed by atoms with E-state index in [1.165, 1.54) is 19.3 Å². The van der Waals surface area contributed by atoms with Crippen LogP contribution in [0.4, 0.5) is 0 Å². The highest BCUT2D eigenvalue weighted by molar-refractivity contribution is 5.91. The molecule has 2 N–H and O–H groups in total. The third-order valence-electron chi connectivity index (χ3n) is 2.77. The van der Waals surface area contributed by atoms with E-state index in [1.807, 2.05) is 18.2 Å². The number of methoxy groups -OCH3 is 1. The third-order valence-corrected chi connectivity index (χ3v) is 2.77. The minimum atomic E-state index is -0.533. The van der Waals surface area contributed by atoms with Crippen molar-refractivity contribution in [3.8, 4) is 11.3 Å². The molecule has 106 valence electrons. The summed E-state index contributed by atoms with van der Waals surface area (Å²) in [5.74, 6) is -0.934. The first kappa shape index (κ1) is 14.5. The minimum Gasteiger partial charge on any atom is -0.465 e. The first-order valence-electron chi connectivity index (χ1n) is 6.23. The van der Waals surface area contributed by atoms with E-state index < -0.39 is 11.9 Å². The molecule has 0 fully saturated rings. The molecule has 1 aromatic heterocycles. The Labute approximate surface area is 122 Å². The second-order valence-corrected chi connectivity index (χ2v) is 4.26. The maximum absolute atomic E-state index is 11.5. The molecule has 0 atom stereocenters. The van der Waals surface area contributed by atoms with E-state index in [9.17, 15) is 9.59 Å². The molecule has 2 rings (SSSR count). The molecule has 0 aliphatic heterocycles. The van der Waals surface area contributed by atoms with Crippen molar-refractivity contribution in [2.45, 2.75) is 0 Å². The van der Waals surface area contributed by atoms with Gasteiger partial charge in [-0.15, -0.1) is 0 Å². The molecule has 1 amide bonds. The molecule has 1 heterocycles. The summed E-state index contributed by atoms with van der Waals surface area (Å²) in [4.78, 5) is 26.7. The van der Waals surface area contributed by atoms with Crippen LogP contribution in [0.5, 0.6) is 0 Å². The lowest BCUT2D eigenvalue weighted by molar-refractivity contribution is -0.113. The highest BCUT2D eigenvalue weighted by Gasteiger charge is 2.07. The van der Waals surface area contributed by atoms with Crippen LogP contribution >= 0.6 is 0 Å². The zero-order valence-electron chi connectivity index (χ0n) is 11.4. The summed E-state index contributed by atoms with van der Waals surface area (Å²) in [6.07, 6.45) is 2.78. The van der Waals surface area contributed by atoms with Gasteiger partial charge in [-0.2, -0.15) is 0 Å². The molecule has 0 aliphatic rings. The second kappa shape index (κ2) is 6.47. The quantitative estimate of drug-likeness (QED) is 0.687. The van der Waals surface area contributed by atoms with Crippen molar-refractivity contribution in [2.24, 2.45) is 5.73 Å². The van der Waals surface area contributed by atoms with Gasteiger partial charge in [-0.1, -0.05) is 18.2 Å². The average Bonchev–Trinajstić information content (AvgIpc) is 2.52. The zero-order chi connectivity index (χ0) is 15.2. The van der Waals surface area contributed by atoms with Crippen LogP contribution in [0, 0.1) is 0 Å². The number of carbonyl (C=O) groups is 2. The van der Waals surface area contributed by atoms with Gasteiger partial charge in [-0.25, -0.2) is 9.78 Å². The van der Waals surface area contributed by atoms with Crippen LogP contribution < -0.4 is 5.73 Å². The molecule has 0 saturated carbocycles. The van der Waals surface area contributed by atoms with Gasteiger partial charge in [0.25, 0.3) is 0 Å². The molecule has 5 nitrogen and oxygen atoms in total. The van der Waals surface area contributed by atoms with Gasteiger partial charge >= 0.3 is 5.97 Å². The molecule has 0 spiro atoms. The first-order valence-corrected chi connectivity index (χ1v) is 6.23. The average molecular weight is 282 g/mol. The van der Waals surface area contributed by atoms with Gasteiger partial charge in [0.05, 0.1) is 24.1 Å². The Balaban J connectivity index is 2.36. The number of amides is 1. The number of aromatic nitrogens is 1. The van der Waals surface area contributed by atoms with E-state index in [-0.39, 0.29) is 0 Å². The number of pyridine rings is 1. The van der Waals surface area contributed by atoms with Crippen molar-refractivity contribution in [2.75, 3.05) is 7.11 Å². The number of rotatable bonds is 4. The fraction of sp³-hybridized carbons (Fsp3) is 0.0625. The lowest BCUT2D eigenvalue weighted by Crippen LogP contribution is -2.05. The van der Waals surface area contributed by atoms with Gasteiger partial charge in [0.1, 0.15) is 0 Å². The smallest absolute Gasteiger partial charge is 0.337 e. The Hall–Kier alpha value is -2.95. The van der Waals surface area contributed by atoms with Crippen LogP contribution in [-0.2, 0) is 9.53 Å². The van der Waals surface area contributed by atoms with Gasteiger partial charge in [-0.3, -0.25) is 4.79 Å². The molecule has 1 aromatic carbocycles. The SMILES string of the molecule is COC(=O)c1cccc(-c2cccc(/C=C\C(N)=O)n2)c1. The van der Waals surface area contributed by atoms with E-state index in [1.54, 1.807) is 24.3 Å². The molecule has 0 saturated heterocycles. The number of primary amides is 1. The Kier molecular flexibility index (Phi) is 4.46. The molecule has 21 heavy (non-hydrogen) atoms. The number of benzene rings is 1. The van der Waals surface area contributed by atoms with Crippen LogP contribution in [0.2, 0.25) is 0 Å². The number of ether oxygens (including phenoxy) is 1. The van der Waals surface area contributed by atoms with Crippen LogP contribution in [0.3, 0.4) is 0 Å². The topological polar surface area (TPSA) is 82.3 Å². The summed E-state index contributed by atoms with van der Waals surface area (Å²) in [6, 6.07) is 12.4. The monoisotopic (exact) mass is 282 g/mol. The van der Waals surface area contributed by atoms with Crippen LogP contribution in [-0.4, -0.2) is 24.0 Å². The summed E-state index contributed by atoms with van der Waals surface area (Å²) >= 11 is 0. The van der Waals surface area contributed by atoms with Gasteiger partial charge in [0, 0.05) is 11.6 Å².